The van der Waals surface area contributed by atoms with Crippen LogP contribution in [0.2, 0.25) is 0 Å². The van der Waals surface area contributed by atoms with Crippen LogP contribution in [0.3, 0.4) is 0 Å². The van der Waals surface area contributed by atoms with Crippen molar-refractivity contribution >= 4 is 24.4 Å². The molecule has 0 heterocycles. The van der Waals surface area contributed by atoms with Gasteiger partial charge in [0.25, 0.3) is 0 Å². The quantitative estimate of drug-likeness (QED) is 0.321. The van der Waals surface area contributed by atoms with Gasteiger partial charge < -0.3 is 29.7 Å². The average molecular weight is 316 g/mol. The number of aldehydes is 2. The number of nitrogens with one attached hydrogen (secondary N) is 2. The predicted molar refractivity (Wildman–Crippen MR) is 78.2 cm³/mol. The number of amides is 2. The third-order valence-corrected chi connectivity index (χ3v) is 2.60. The molecule has 1 atom stereocenters. The lowest BCUT2D eigenvalue weighted by Gasteiger charge is -2.11. The molecule has 0 aliphatic carbocycles. The molecule has 0 spiro atoms. The van der Waals surface area contributed by atoms with E-state index in [1.54, 1.807) is 6.92 Å². The van der Waals surface area contributed by atoms with Crippen molar-refractivity contribution in [3.05, 3.63) is 0 Å². The lowest BCUT2D eigenvalue weighted by atomic mass is 10.2. The molecule has 8 heteroatoms. The van der Waals surface area contributed by atoms with E-state index >= 15 is 0 Å². The predicted octanol–water partition coefficient (Wildman–Crippen LogP) is -0.791. The van der Waals surface area contributed by atoms with Crippen molar-refractivity contribution in [2.45, 2.75) is 32.2 Å². The zero-order valence-corrected chi connectivity index (χ0v) is 12.8. The molecule has 0 fully saturated rings. The second-order valence-corrected chi connectivity index (χ2v) is 4.42. The molecular formula is C14H24N2O6. The first-order valence-electron chi connectivity index (χ1n) is 7.24. The summed E-state index contributed by atoms with van der Waals surface area (Å²) in [5, 5.41) is 5.11. The molecule has 0 aromatic rings. The van der Waals surface area contributed by atoms with E-state index in [0.717, 1.165) is 0 Å². The molecule has 0 radical (unpaired) electrons. The Morgan fingerprint density at radius 2 is 1.82 bits per heavy atom. The van der Waals surface area contributed by atoms with E-state index in [0.29, 0.717) is 38.8 Å². The summed E-state index contributed by atoms with van der Waals surface area (Å²) in [6.07, 6.45) is 2.22. The van der Waals surface area contributed by atoms with Crippen LogP contribution in [-0.4, -0.2) is 63.4 Å². The lowest BCUT2D eigenvalue weighted by molar-refractivity contribution is -0.128. The molecule has 0 rings (SSSR count). The summed E-state index contributed by atoms with van der Waals surface area (Å²) in [6.45, 7) is 2.93. The fourth-order valence-corrected chi connectivity index (χ4v) is 1.44. The van der Waals surface area contributed by atoms with Gasteiger partial charge in [0.05, 0.1) is 25.9 Å². The van der Waals surface area contributed by atoms with Gasteiger partial charge in [0.15, 0.2) is 0 Å². The largest absolute Gasteiger partial charge is 0.377 e. The van der Waals surface area contributed by atoms with Crippen LogP contribution < -0.4 is 10.6 Å². The fraction of sp³-hybridized carbons (Fsp3) is 0.714. The van der Waals surface area contributed by atoms with Crippen LogP contribution in [0.4, 0.5) is 0 Å². The van der Waals surface area contributed by atoms with Gasteiger partial charge in [-0.25, -0.2) is 0 Å². The third-order valence-electron chi connectivity index (χ3n) is 2.60. The average Bonchev–Trinajstić information content (AvgIpc) is 2.53. The number of carbonyl (C=O) groups excluding carboxylic acids is 4. The van der Waals surface area contributed by atoms with Crippen molar-refractivity contribution < 1.29 is 28.7 Å². The Morgan fingerprint density at radius 3 is 2.45 bits per heavy atom. The second kappa shape index (κ2) is 14.2. The van der Waals surface area contributed by atoms with E-state index in [1.807, 2.05) is 0 Å². The van der Waals surface area contributed by atoms with Crippen molar-refractivity contribution in [1.29, 1.82) is 0 Å². The molecule has 126 valence electrons. The van der Waals surface area contributed by atoms with E-state index in [-0.39, 0.29) is 32.0 Å². The van der Waals surface area contributed by atoms with Crippen LogP contribution in [0.1, 0.15) is 26.2 Å². The van der Waals surface area contributed by atoms with Crippen molar-refractivity contribution in [2.24, 2.45) is 0 Å². The van der Waals surface area contributed by atoms with Gasteiger partial charge in [-0.1, -0.05) is 6.92 Å². The van der Waals surface area contributed by atoms with Gasteiger partial charge >= 0.3 is 0 Å². The van der Waals surface area contributed by atoms with Crippen LogP contribution in [-0.2, 0) is 28.7 Å². The van der Waals surface area contributed by atoms with Gasteiger partial charge in [0.2, 0.25) is 11.8 Å². The highest BCUT2D eigenvalue weighted by Gasteiger charge is 2.10. The Labute approximate surface area is 129 Å². The van der Waals surface area contributed by atoms with Crippen LogP contribution in [0.5, 0.6) is 0 Å². The highest BCUT2D eigenvalue weighted by atomic mass is 16.5. The zero-order valence-electron chi connectivity index (χ0n) is 12.8. The molecule has 1 unspecified atom stereocenters. The summed E-state index contributed by atoms with van der Waals surface area (Å²) in [5.74, 6) is -0.450. The van der Waals surface area contributed by atoms with Gasteiger partial charge in [-0.2, -0.15) is 0 Å². The monoisotopic (exact) mass is 316 g/mol. The normalized spacial score (nSPS) is 11.5. The highest BCUT2D eigenvalue weighted by molar-refractivity contribution is 5.80. The van der Waals surface area contributed by atoms with Crippen LogP contribution in [0.25, 0.3) is 0 Å². The summed E-state index contributed by atoms with van der Waals surface area (Å²) in [5.41, 5.74) is 0. The summed E-state index contributed by atoms with van der Waals surface area (Å²) in [4.78, 5) is 43.2. The maximum Gasteiger partial charge on any atom is 0.246 e. The molecule has 22 heavy (non-hydrogen) atoms. The first kappa shape index (κ1) is 20.2. The van der Waals surface area contributed by atoms with Gasteiger partial charge in [-0.3, -0.25) is 9.59 Å². The first-order chi connectivity index (χ1) is 10.6. The lowest BCUT2D eigenvalue weighted by Crippen LogP contribution is -2.38. The Kier molecular flexibility index (Phi) is 13.0. The molecule has 0 aromatic heterocycles. The van der Waals surface area contributed by atoms with Crippen LogP contribution in [0, 0.1) is 0 Å². The van der Waals surface area contributed by atoms with Crippen LogP contribution in [0.15, 0.2) is 0 Å². The first-order valence-corrected chi connectivity index (χ1v) is 7.24. The minimum Gasteiger partial charge on any atom is -0.377 e. The topological polar surface area (TPSA) is 111 Å². The SMILES string of the molecule is CCC(=O)NCCOCCOCC(=O)NC(C=O)CCC=O. The van der Waals surface area contributed by atoms with E-state index in [1.165, 1.54) is 0 Å². The van der Waals surface area contributed by atoms with Crippen LogP contribution >= 0.6 is 0 Å². The molecule has 2 N–H and O–H groups in total. The summed E-state index contributed by atoms with van der Waals surface area (Å²) in [6, 6.07) is -0.667. The molecule has 0 saturated heterocycles. The molecule has 0 bridgehead atoms. The van der Waals surface area contributed by atoms with Gasteiger partial charge in [0.1, 0.15) is 19.2 Å². The number of hydrogen-bond donors (Lipinski definition) is 2. The van der Waals surface area contributed by atoms with Gasteiger partial charge in [0, 0.05) is 19.4 Å². The maximum absolute atomic E-state index is 11.4. The molecule has 8 nitrogen and oxygen atoms in total. The smallest absolute Gasteiger partial charge is 0.246 e. The Morgan fingerprint density at radius 1 is 1.09 bits per heavy atom. The molecule has 0 aliphatic heterocycles. The molecule has 0 aliphatic rings. The summed E-state index contributed by atoms with van der Waals surface area (Å²) < 4.78 is 10.3. The Balaban J connectivity index is 3.50. The van der Waals surface area contributed by atoms with Gasteiger partial charge in [-0.15, -0.1) is 0 Å². The van der Waals surface area contributed by atoms with E-state index in [4.69, 9.17) is 9.47 Å². The van der Waals surface area contributed by atoms with Gasteiger partial charge in [-0.05, 0) is 6.42 Å². The number of carbonyl (C=O) groups is 4. The Hall–Kier alpha value is -1.80. The van der Waals surface area contributed by atoms with Crippen molar-refractivity contribution in [2.75, 3.05) is 33.0 Å². The molecule has 0 saturated carbocycles. The highest BCUT2D eigenvalue weighted by Crippen LogP contribution is 1.92. The minimum absolute atomic E-state index is 0.0316. The fourth-order valence-electron chi connectivity index (χ4n) is 1.44. The Bertz CT molecular complexity index is 348. The second-order valence-electron chi connectivity index (χ2n) is 4.42. The van der Waals surface area contributed by atoms with E-state index < -0.39 is 11.9 Å². The van der Waals surface area contributed by atoms with E-state index in [9.17, 15) is 19.2 Å². The zero-order chi connectivity index (χ0) is 16.6. The standard InChI is InChI=1S/C14H24N2O6/c1-2-13(19)15-5-7-21-8-9-22-11-14(20)16-12(10-18)4-3-6-17/h6,10,12H,2-5,7-9,11H2,1H3,(H,15,19)(H,16,20). The molecular weight excluding hydrogens is 292 g/mol. The van der Waals surface area contributed by atoms with Crippen molar-refractivity contribution in [3.8, 4) is 0 Å². The number of ether oxygens (including phenoxy) is 2. The third kappa shape index (κ3) is 12.0. The van der Waals surface area contributed by atoms with E-state index in [2.05, 4.69) is 10.6 Å². The van der Waals surface area contributed by atoms with Crippen molar-refractivity contribution in [1.82, 2.24) is 10.6 Å². The number of rotatable bonds is 14. The molecule has 2 amide bonds. The molecule has 0 aromatic carbocycles. The van der Waals surface area contributed by atoms with Crippen molar-refractivity contribution in [3.63, 3.8) is 0 Å². The summed E-state index contributed by atoms with van der Waals surface area (Å²) in [7, 11) is 0. The minimum atomic E-state index is -0.667. The summed E-state index contributed by atoms with van der Waals surface area (Å²) >= 11 is 0. The maximum atomic E-state index is 11.4. The number of hydrogen-bond acceptors (Lipinski definition) is 6.